The predicted molar refractivity (Wildman–Crippen MR) is 63.5 cm³/mol. The van der Waals surface area contributed by atoms with Gasteiger partial charge < -0.3 is 10.8 Å². The number of nitrogens with two attached hydrogens (primary N) is 1. The highest BCUT2D eigenvalue weighted by molar-refractivity contribution is 5.92. The molecule has 0 radical (unpaired) electrons. The summed E-state index contributed by atoms with van der Waals surface area (Å²) in [6.45, 7) is 0. The average molecular weight is 241 g/mol. The molecule has 0 fully saturated rings. The highest BCUT2D eigenvalue weighted by atomic mass is 16.3. The van der Waals surface area contributed by atoms with E-state index < -0.39 is 5.91 Å². The zero-order valence-electron chi connectivity index (χ0n) is 9.48. The Bertz CT molecular complexity index is 594. The molecule has 0 aliphatic rings. The standard InChI is InChI=1S/C13H11N3O2/c14-12(17)11-7-4-8-16(9-11)15-13(18)10-5-2-1-3-6-10/h1-9H,(H2-,14,15,17,18). The Morgan fingerprint density at radius 3 is 2.44 bits per heavy atom. The van der Waals surface area contributed by atoms with Crippen LogP contribution in [0.1, 0.15) is 15.9 Å². The summed E-state index contributed by atoms with van der Waals surface area (Å²) >= 11 is 0. The van der Waals surface area contributed by atoms with E-state index >= 15 is 0 Å². The van der Waals surface area contributed by atoms with Gasteiger partial charge in [0, 0.05) is 6.07 Å². The zero-order valence-corrected chi connectivity index (χ0v) is 9.48. The van der Waals surface area contributed by atoms with Crippen molar-refractivity contribution in [2.45, 2.75) is 0 Å². The summed E-state index contributed by atoms with van der Waals surface area (Å²) in [4.78, 5) is 11.0. The SMILES string of the molecule is NC(=O)c1ccc[n+](/N=C(/[O-])c2ccccc2)c1. The van der Waals surface area contributed by atoms with Crippen LogP contribution in [-0.2, 0) is 0 Å². The van der Waals surface area contributed by atoms with E-state index in [0.29, 0.717) is 11.1 Å². The van der Waals surface area contributed by atoms with Crippen LogP contribution in [0, 0.1) is 0 Å². The molecular weight excluding hydrogens is 230 g/mol. The maximum atomic E-state index is 11.8. The number of pyridine rings is 1. The molecule has 2 N–H and O–H groups in total. The first-order valence-corrected chi connectivity index (χ1v) is 5.29. The highest BCUT2D eigenvalue weighted by Gasteiger charge is 2.06. The van der Waals surface area contributed by atoms with E-state index in [1.165, 1.54) is 10.9 Å². The summed E-state index contributed by atoms with van der Waals surface area (Å²) in [5.41, 5.74) is 5.92. The molecule has 1 aromatic heterocycles. The molecule has 1 aromatic carbocycles. The summed E-state index contributed by atoms with van der Waals surface area (Å²) in [5, 5.41) is 15.6. The van der Waals surface area contributed by atoms with Gasteiger partial charge in [-0.3, -0.25) is 4.79 Å². The fourth-order valence-corrected chi connectivity index (χ4v) is 1.41. The van der Waals surface area contributed by atoms with Gasteiger partial charge in [-0.05, 0) is 16.7 Å². The maximum absolute atomic E-state index is 11.8. The number of hydrogen-bond donors (Lipinski definition) is 1. The molecule has 1 heterocycles. The third kappa shape index (κ3) is 2.70. The third-order valence-electron chi connectivity index (χ3n) is 2.30. The van der Waals surface area contributed by atoms with E-state index in [1.54, 1.807) is 42.6 Å². The fourth-order valence-electron chi connectivity index (χ4n) is 1.41. The van der Waals surface area contributed by atoms with Crippen LogP contribution in [0.15, 0.2) is 60.0 Å². The molecule has 0 spiro atoms. The van der Waals surface area contributed by atoms with Gasteiger partial charge >= 0.3 is 0 Å². The number of primary amides is 1. The molecule has 90 valence electrons. The van der Waals surface area contributed by atoms with Crippen LogP contribution in [0.25, 0.3) is 0 Å². The number of hydrogen-bond acceptors (Lipinski definition) is 3. The Balaban J connectivity index is 2.33. The van der Waals surface area contributed by atoms with E-state index in [4.69, 9.17) is 5.73 Å². The van der Waals surface area contributed by atoms with Gasteiger partial charge in [-0.25, -0.2) is 0 Å². The van der Waals surface area contributed by atoms with Gasteiger partial charge in [0.15, 0.2) is 0 Å². The Morgan fingerprint density at radius 2 is 1.78 bits per heavy atom. The molecule has 18 heavy (non-hydrogen) atoms. The minimum atomic E-state index is -0.563. The molecule has 2 rings (SSSR count). The van der Waals surface area contributed by atoms with Crippen LogP contribution in [0.2, 0.25) is 0 Å². The van der Waals surface area contributed by atoms with Crippen LogP contribution in [0.4, 0.5) is 0 Å². The topological polar surface area (TPSA) is 82.4 Å². The van der Waals surface area contributed by atoms with Crippen LogP contribution in [-0.4, -0.2) is 11.8 Å². The fraction of sp³-hybridized carbons (Fsp3) is 0. The smallest absolute Gasteiger partial charge is 0.254 e. The number of carbonyl (C=O) groups is 1. The first-order valence-electron chi connectivity index (χ1n) is 5.29. The van der Waals surface area contributed by atoms with Gasteiger partial charge in [0.25, 0.3) is 5.91 Å². The lowest BCUT2D eigenvalue weighted by Gasteiger charge is -2.05. The lowest BCUT2D eigenvalue weighted by molar-refractivity contribution is -0.681. The normalized spacial score (nSPS) is 11.2. The quantitative estimate of drug-likeness (QED) is 0.452. The lowest BCUT2D eigenvalue weighted by atomic mass is 10.2. The van der Waals surface area contributed by atoms with Crippen molar-refractivity contribution >= 4 is 11.8 Å². The van der Waals surface area contributed by atoms with Gasteiger partial charge in [-0.2, -0.15) is 0 Å². The van der Waals surface area contributed by atoms with Gasteiger partial charge in [-0.1, -0.05) is 35.0 Å². The number of aromatic nitrogens is 1. The van der Waals surface area contributed by atoms with Crippen LogP contribution >= 0.6 is 0 Å². The number of amides is 1. The summed E-state index contributed by atoms with van der Waals surface area (Å²) in [6, 6.07) is 11.8. The highest BCUT2D eigenvalue weighted by Crippen LogP contribution is 1.97. The van der Waals surface area contributed by atoms with Gasteiger partial charge in [0.2, 0.25) is 12.4 Å². The van der Waals surface area contributed by atoms with E-state index in [1.807, 2.05) is 6.07 Å². The monoisotopic (exact) mass is 241 g/mol. The van der Waals surface area contributed by atoms with E-state index in [2.05, 4.69) is 5.10 Å². The molecule has 5 nitrogen and oxygen atoms in total. The van der Waals surface area contributed by atoms with Crippen LogP contribution in [0.5, 0.6) is 0 Å². The van der Waals surface area contributed by atoms with E-state index in [0.717, 1.165) is 0 Å². The lowest BCUT2D eigenvalue weighted by Crippen LogP contribution is -2.34. The summed E-state index contributed by atoms with van der Waals surface area (Å²) in [5.74, 6) is -0.950. The minimum Gasteiger partial charge on any atom is -0.854 e. The molecule has 0 unspecified atom stereocenters. The van der Waals surface area contributed by atoms with Gasteiger partial charge in [-0.15, -0.1) is 0 Å². The molecule has 0 saturated carbocycles. The summed E-state index contributed by atoms with van der Waals surface area (Å²) in [7, 11) is 0. The van der Waals surface area contributed by atoms with Crippen molar-refractivity contribution < 1.29 is 14.6 Å². The average Bonchev–Trinajstić information content (AvgIpc) is 2.40. The third-order valence-corrected chi connectivity index (χ3v) is 2.30. The van der Waals surface area contributed by atoms with Crippen molar-refractivity contribution in [1.82, 2.24) is 0 Å². The van der Waals surface area contributed by atoms with Crippen molar-refractivity contribution in [3.05, 3.63) is 66.0 Å². The second-order valence-corrected chi connectivity index (χ2v) is 3.61. The molecule has 0 saturated heterocycles. The first kappa shape index (κ1) is 11.8. The zero-order chi connectivity index (χ0) is 13.0. The summed E-state index contributed by atoms with van der Waals surface area (Å²) in [6.07, 6.45) is 2.97. The van der Waals surface area contributed by atoms with E-state index in [9.17, 15) is 9.90 Å². The Kier molecular flexibility index (Phi) is 3.33. The maximum Gasteiger partial charge on any atom is 0.254 e. The van der Waals surface area contributed by atoms with E-state index in [-0.39, 0.29) is 5.90 Å². The van der Waals surface area contributed by atoms with Crippen molar-refractivity contribution in [2.75, 3.05) is 0 Å². The molecule has 2 aromatic rings. The summed E-state index contributed by atoms with van der Waals surface area (Å²) < 4.78 is 1.27. The van der Waals surface area contributed by atoms with Crippen molar-refractivity contribution in [2.24, 2.45) is 10.8 Å². The number of nitrogens with zero attached hydrogens (tertiary/aromatic N) is 2. The van der Waals surface area contributed by atoms with Crippen molar-refractivity contribution in [1.29, 1.82) is 0 Å². The number of benzene rings is 1. The molecule has 0 bridgehead atoms. The van der Waals surface area contributed by atoms with Gasteiger partial charge in [0.05, 0.1) is 5.90 Å². The Morgan fingerprint density at radius 1 is 1.11 bits per heavy atom. The second-order valence-electron chi connectivity index (χ2n) is 3.61. The Hall–Kier alpha value is -2.69. The van der Waals surface area contributed by atoms with Crippen LogP contribution < -0.4 is 15.5 Å². The molecule has 0 aliphatic heterocycles. The molecular formula is C13H11N3O2. The molecule has 5 heteroatoms. The molecule has 1 amide bonds. The predicted octanol–water partition coefficient (Wildman–Crippen LogP) is -0.357. The Labute approximate surface area is 104 Å². The largest absolute Gasteiger partial charge is 0.854 e. The second kappa shape index (κ2) is 5.09. The minimum absolute atomic E-state index is 0.294. The number of rotatable bonds is 3. The molecule has 0 atom stereocenters. The van der Waals surface area contributed by atoms with Gasteiger partial charge in [0.1, 0.15) is 5.56 Å². The van der Waals surface area contributed by atoms with Crippen molar-refractivity contribution in [3.63, 3.8) is 0 Å². The first-order chi connectivity index (χ1) is 8.66. The van der Waals surface area contributed by atoms with Crippen LogP contribution in [0.3, 0.4) is 0 Å². The van der Waals surface area contributed by atoms with Crippen molar-refractivity contribution in [3.8, 4) is 0 Å². The number of carbonyl (C=O) groups excluding carboxylic acids is 1. The molecule has 0 aliphatic carbocycles.